The largest absolute Gasteiger partial charge is 0.393 e. The standard InChI is InChI=1S/C9H15N3O/c1-2-12-4-3-11-8(12)9(10)5-7(13)6-9/h3-4,7,13H,2,5-6,10H2,1H3. The van der Waals surface area contributed by atoms with Crippen LogP contribution in [0.5, 0.6) is 0 Å². The lowest BCUT2D eigenvalue weighted by molar-refractivity contribution is 0.0149. The van der Waals surface area contributed by atoms with Gasteiger partial charge in [0, 0.05) is 18.9 Å². The number of aromatic nitrogens is 2. The van der Waals surface area contributed by atoms with Crippen LogP contribution in [-0.4, -0.2) is 20.8 Å². The smallest absolute Gasteiger partial charge is 0.129 e. The number of rotatable bonds is 2. The van der Waals surface area contributed by atoms with Gasteiger partial charge in [-0.2, -0.15) is 0 Å². The van der Waals surface area contributed by atoms with E-state index in [1.54, 1.807) is 6.20 Å². The van der Waals surface area contributed by atoms with Gasteiger partial charge in [0.25, 0.3) is 0 Å². The molecule has 1 aliphatic rings. The third-order valence-electron chi connectivity index (χ3n) is 2.70. The van der Waals surface area contributed by atoms with Gasteiger partial charge in [-0.25, -0.2) is 4.98 Å². The Kier molecular flexibility index (Phi) is 1.89. The number of aryl methyl sites for hydroxylation is 1. The van der Waals surface area contributed by atoms with Gasteiger partial charge in [-0.3, -0.25) is 0 Å². The van der Waals surface area contributed by atoms with E-state index >= 15 is 0 Å². The Morgan fingerprint density at radius 2 is 2.46 bits per heavy atom. The second kappa shape index (κ2) is 2.82. The molecule has 0 unspecified atom stereocenters. The molecule has 1 heterocycles. The monoisotopic (exact) mass is 181 g/mol. The lowest BCUT2D eigenvalue weighted by Gasteiger charge is -2.41. The molecule has 4 heteroatoms. The predicted molar refractivity (Wildman–Crippen MR) is 49.0 cm³/mol. The van der Waals surface area contributed by atoms with E-state index in [9.17, 15) is 5.11 Å². The highest BCUT2D eigenvalue weighted by Gasteiger charge is 2.44. The molecule has 0 aromatic carbocycles. The van der Waals surface area contributed by atoms with Crippen molar-refractivity contribution in [3.63, 3.8) is 0 Å². The summed E-state index contributed by atoms with van der Waals surface area (Å²) in [7, 11) is 0. The van der Waals surface area contributed by atoms with Gasteiger partial charge >= 0.3 is 0 Å². The van der Waals surface area contributed by atoms with Crippen molar-refractivity contribution in [1.29, 1.82) is 0 Å². The fraction of sp³-hybridized carbons (Fsp3) is 0.667. The summed E-state index contributed by atoms with van der Waals surface area (Å²) in [5.74, 6) is 0.903. The highest BCUT2D eigenvalue weighted by molar-refractivity contribution is 5.14. The van der Waals surface area contributed by atoms with Gasteiger partial charge < -0.3 is 15.4 Å². The van der Waals surface area contributed by atoms with Crippen molar-refractivity contribution >= 4 is 0 Å². The maximum Gasteiger partial charge on any atom is 0.129 e. The second-order valence-electron chi connectivity index (χ2n) is 3.76. The summed E-state index contributed by atoms with van der Waals surface area (Å²) < 4.78 is 2.03. The first-order valence-corrected chi connectivity index (χ1v) is 4.64. The van der Waals surface area contributed by atoms with Crippen molar-refractivity contribution < 1.29 is 5.11 Å². The van der Waals surface area contributed by atoms with Crippen LogP contribution in [0.2, 0.25) is 0 Å². The van der Waals surface area contributed by atoms with E-state index in [1.165, 1.54) is 0 Å². The van der Waals surface area contributed by atoms with E-state index in [0.717, 1.165) is 12.4 Å². The van der Waals surface area contributed by atoms with Gasteiger partial charge in [0.2, 0.25) is 0 Å². The number of hydrogen-bond acceptors (Lipinski definition) is 3. The number of nitrogens with zero attached hydrogens (tertiary/aromatic N) is 2. The van der Waals surface area contributed by atoms with E-state index in [2.05, 4.69) is 11.9 Å². The van der Waals surface area contributed by atoms with Crippen LogP contribution in [0, 0.1) is 0 Å². The van der Waals surface area contributed by atoms with Crippen molar-refractivity contribution in [3.05, 3.63) is 18.2 Å². The van der Waals surface area contributed by atoms with Gasteiger partial charge in [-0.15, -0.1) is 0 Å². The second-order valence-corrected chi connectivity index (χ2v) is 3.76. The van der Waals surface area contributed by atoms with E-state index in [1.807, 2.05) is 10.8 Å². The SMILES string of the molecule is CCn1ccnc1C1(N)CC(O)C1. The molecule has 0 saturated heterocycles. The van der Waals surface area contributed by atoms with Crippen LogP contribution in [0.25, 0.3) is 0 Å². The van der Waals surface area contributed by atoms with Gasteiger partial charge in [-0.05, 0) is 19.8 Å². The number of aliphatic hydroxyl groups excluding tert-OH is 1. The maximum atomic E-state index is 9.23. The molecule has 3 N–H and O–H groups in total. The Bertz CT molecular complexity index is 302. The quantitative estimate of drug-likeness (QED) is 0.685. The van der Waals surface area contributed by atoms with Crippen molar-refractivity contribution in [2.45, 2.75) is 38.0 Å². The molecule has 4 nitrogen and oxygen atoms in total. The van der Waals surface area contributed by atoms with Gasteiger partial charge in [-0.1, -0.05) is 0 Å². The third kappa shape index (κ3) is 1.26. The molecule has 1 aromatic rings. The van der Waals surface area contributed by atoms with E-state index in [0.29, 0.717) is 12.8 Å². The van der Waals surface area contributed by atoms with Gasteiger partial charge in [0.15, 0.2) is 0 Å². The summed E-state index contributed by atoms with van der Waals surface area (Å²) in [6.07, 6.45) is 4.70. The average molecular weight is 181 g/mol. The number of nitrogens with two attached hydrogens (primary N) is 1. The topological polar surface area (TPSA) is 64.1 Å². The van der Waals surface area contributed by atoms with Crippen LogP contribution < -0.4 is 5.73 Å². The highest BCUT2D eigenvalue weighted by Crippen LogP contribution is 2.37. The zero-order valence-corrected chi connectivity index (χ0v) is 7.77. The fourth-order valence-electron chi connectivity index (χ4n) is 1.96. The van der Waals surface area contributed by atoms with Crippen LogP contribution in [0.4, 0.5) is 0 Å². The molecule has 72 valence electrons. The van der Waals surface area contributed by atoms with Crippen LogP contribution >= 0.6 is 0 Å². The van der Waals surface area contributed by atoms with Crippen LogP contribution in [0.15, 0.2) is 12.4 Å². The molecule has 0 radical (unpaired) electrons. The lowest BCUT2D eigenvalue weighted by atomic mass is 9.74. The molecule has 1 fully saturated rings. The third-order valence-corrected chi connectivity index (χ3v) is 2.70. The molecule has 13 heavy (non-hydrogen) atoms. The Morgan fingerprint density at radius 1 is 1.77 bits per heavy atom. The summed E-state index contributed by atoms with van der Waals surface area (Å²) in [6.45, 7) is 2.94. The van der Waals surface area contributed by atoms with E-state index in [4.69, 9.17) is 5.73 Å². The average Bonchev–Trinajstić information content (AvgIpc) is 2.48. The summed E-state index contributed by atoms with van der Waals surface area (Å²) in [5.41, 5.74) is 5.70. The first-order chi connectivity index (χ1) is 6.15. The number of hydrogen-bond donors (Lipinski definition) is 2. The first-order valence-electron chi connectivity index (χ1n) is 4.64. The van der Waals surface area contributed by atoms with Crippen LogP contribution in [0.3, 0.4) is 0 Å². The Hall–Kier alpha value is -0.870. The molecule has 1 saturated carbocycles. The maximum absolute atomic E-state index is 9.23. The van der Waals surface area contributed by atoms with Gasteiger partial charge in [0.1, 0.15) is 5.82 Å². The minimum atomic E-state index is -0.390. The predicted octanol–water partition coefficient (Wildman–Crippen LogP) is 0.212. The molecule has 1 aliphatic carbocycles. The molecular formula is C9H15N3O. The van der Waals surface area contributed by atoms with Gasteiger partial charge in [0.05, 0.1) is 11.6 Å². The van der Waals surface area contributed by atoms with Crippen LogP contribution in [0.1, 0.15) is 25.6 Å². The van der Waals surface area contributed by atoms with E-state index < -0.39 is 0 Å². The molecule has 0 spiro atoms. The molecule has 0 amide bonds. The lowest BCUT2D eigenvalue weighted by Crippen LogP contribution is -2.53. The van der Waals surface area contributed by atoms with Crippen molar-refractivity contribution in [2.75, 3.05) is 0 Å². The molecule has 1 aromatic heterocycles. The molecule has 2 rings (SSSR count). The summed E-state index contributed by atoms with van der Waals surface area (Å²) in [6, 6.07) is 0. The summed E-state index contributed by atoms with van der Waals surface area (Å²) in [4.78, 5) is 4.24. The number of imidazole rings is 1. The normalized spacial score (nSPS) is 33.0. The fourth-order valence-corrected chi connectivity index (χ4v) is 1.96. The Labute approximate surface area is 77.4 Å². The Morgan fingerprint density at radius 3 is 3.00 bits per heavy atom. The zero-order chi connectivity index (χ0) is 9.47. The highest BCUT2D eigenvalue weighted by atomic mass is 16.3. The molecular weight excluding hydrogens is 166 g/mol. The zero-order valence-electron chi connectivity index (χ0n) is 7.77. The minimum absolute atomic E-state index is 0.244. The Balaban J connectivity index is 2.25. The van der Waals surface area contributed by atoms with Crippen molar-refractivity contribution in [2.24, 2.45) is 5.73 Å². The number of aliphatic hydroxyl groups is 1. The van der Waals surface area contributed by atoms with Crippen molar-refractivity contribution in [3.8, 4) is 0 Å². The molecule has 0 bridgehead atoms. The first kappa shape index (κ1) is 8.72. The summed E-state index contributed by atoms with van der Waals surface area (Å²) >= 11 is 0. The summed E-state index contributed by atoms with van der Waals surface area (Å²) in [5, 5.41) is 9.23. The molecule has 0 aliphatic heterocycles. The minimum Gasteiger partial charge on any atom is -0.393 e. The van der Waals surface area contributed by atoms with Crippen LogP contribution in [-0.2, 0) is 12.1 Å². The van der Waals surface area contributed by atoms with Crippen molar-refractivity contribution in [1.82, 2.24) is 9.55 Å². The molecule has 0 atom stereocenters. The van der Waals surface area contributed by atoms with E-state index in [-0.39, 0.29) is 11.6 Å².